The van der Waals surface area contributed by atoms with Gasteiger partial charge in [0.1, 0.15) is 0 Å². The van der Waals surface area contributed by atoms with Gasteiger partial charge in [0.25, 0.3) is 0 Å². The fraction of sp³-hybridized carbons (Fsp3) is 0.643. The molecule has 16 heavy (non-hydrogen) atoms. The molecule has 0 spiro atoms. The largest absolute Gasteiger partial charge is 0.310 e. The lowest BCUT2D eigenvalue weighted by atomic mass is 10.1. The van der Waals surface area contributed by atoms with Gasteiger partial charge in [-0.25, -0.2) is 0 Å². The summed E-state index contributed by atoms with van der Waals surface area (Å²) < 4.78 is 0. The number of hydrogen-bond acceptors (Lipinski definition) is 2. The molecule has 1 unspecified atom stereocenters. The van der Waals surface area contributed by atoms with Crippen molar-refractivity contribution in [2.75, 3.05) is 0 Å². The van der Waals surface area contributed by atoms with Crippen LogP contribution in [0, 0.1) is 6.92 Å². The molecule has 0 radical (unpaired) electrons. The molecule has 0 aliphatic heterocycles. The number of pyridine rings is 1. The molecular formula is C14H24N2. The highest BCUT2D eigenvalue weighted by Gasteiger charge is 2.04. The van der Waals surface area contributed by atoms with Crippen LogP contribution in [0.2, 0.25) is 0 Å². The minimum absolute atomic E-state index is 0.654. The van der Waals surface area contributed by atoms with Crippen LogP contribution in [0.5, 0.6) is 0 Å². The summed E-state index contributed by atoms with van der Waals surface area (Å²) in [5, 5.41) is 3.60. The maximum absolute atomic E-state index is 4.31. The standard InChI is InChI=1S/C14H24N2/c1-4-6-7-14(5-2)16-11-13-9-8-12(3)15-10-13/h8-10,14,16H,4-7,11H2,1-3H3. The van der Waals surface area contributed by atoms with Crippen LogP contribution in [0.15, 0.2) is 18.3 Å². The van der Waals surface area contributed by atoms with E-state index in [-0.39, 0.29) is 0 Å². The third-order valence-corrected chi connectivity index (χ3v) is 2.97. The van der Waals surface area contributed by atoms with Gasteiger partial charge in [0, 0.05) is 24.5 Å². The van der Waals surface area contributed by atoms with Crippen molar-refractivity contribution in [3.05, 3.63) is 29.6 Å². The van der Waals surface area contributed by atoms with Crippen LogP contribution < -0.4 is 5.32 Å². The van der Waals surface area contributed by atoms with Gasteiger partial charge in [-0.3, -0.25) is 4.98 Å². The van der Waals surface area contributed by atoms with E-state index in [1.165, 1.54) is 31.2 Å². The monoisotopic (exact) mass is 220 g/mol. The number of aryl methyl sites for hydroxylation is 1. The van der Waals surface area contributed by atoms with Crippen LogP contribution in [-0.2, 0) is 6.54 Å². The summed E-state index contributed by atoms with van der Waals surface area (Å²) in [4.78, 5) is 4.31. The van der Waals surface area contributed by atoms with Crippen LogP contribution >= 0.6 is 0 Å². The second-order valence-electron chi connectivity index (χ2n) is 4.44. The zero-order valence-electron chi connectivity index (χ0n) is 10.8. The summed E-state index contributed by atoms with van der Waals surface area (Å²) >= 11 is 0. The molecule has 0 fully saturated rings. The summed E-state index contributed by atoms with van der Waals surface area (Å²) in [6, 6.07) is 4.88. The number of unbranched alkanes of at least 4 members (excludes halogenated alkanes) is 1. The average molecular weight is 220 g/mol. The molecule has 90 valence electrons. The van der Waals surface area contributed by atoms with Crippen molar-refractivity contribution >= 4 is 0 Å². The molecule has 0 aliphatic rings. The first-order chi connectivity index (χ1) is 7.76. The molecule has 2 heteroatoms. The van der Waals surface area contributed by atoms with Gasteiger partial charge >= 0.3 is 0 Å². The number of rotatable bonds is 7. The molecule has 1 rings (SSSR count). The molecule has 1 N–H and O–H groups in total. The molecule has 0 saturated heterocycles. The first kappa shape index (κ1) is 13.2. The number of hydrogen-bond donors (Lipinski definition) is 1. The first-order valence-corrected chi connectivity index (χ1v) is 6.41. The second-order valence-corrected chi connectivity index (χ2v) is 4.44. The van der Waals surface area contributed by atoms with Gasteiger partial charge in [0.15, 0.2) is 0 Å². The second kappa shape index (κ2) is 7.39. The topological polar surface area (TPSA) is 24.9 Å². The molecule has 2 nitrogen and oxygen atoms in total. The minimum Gasteiger partial charge on any atom is -0.310 e. The Morgan fingerprint density at radius 3 is 2.69 bits per heavy atom. The third kappa shape index (κ3) is 4.75. The van der Waals surface area contributed by atoms with Gasteiger partial charge in [-0.2, -0.15) is 0 Å². The van der Waals surface area contributed by atoms with E-state index in [9.17, 15) is 0 Å². The van der Waals surface area contributed by atoms with E-state index >= 15 is 0 Å². The molecule has 1 atom stereocenters. The minimum atomic E-state index is 0.654. The fourth-order valence-electron chi connectivity index (χ4n) is 1.77. The first-order valence-electron chi connectivity index (χ1n) is 6.41. The van der Waals surface area contributed by atoms with Gasteiger partial charge in [-0.05, 0) is 31.4 Å². The summed E-state index contributed by atoms with van der Waals surface area (Å²) in [7, 11) is 0. The third-order valence-electron chi connectivity index (χ3n) is 2.97. The summed E-state index contributed by atoms with van der Waals surface area (Å²) in [6.45, 7) is 7.46. The van der Waals surface area contributed by atoms with Crippen molar-refractivity contribution in [3.63, 3.8) is 0 Å². The van der Waals surface area contributed by atoms with Crippen molar-refractivity contribution in [1.82, 2.24) is 10.3 Å². The van der Waals surface area contributed by atoms with E-state index in [1.54, 1.807) is 0 Å². The smallest absolute Gasteiger partial charge is 0.0372 e. The zero-order chi connectivity index (χ0) is 11.8. The van der Waals surface area contributed by atoms with Crippen LogP contribution in [-0.4, -0.2) is 11.0 Å². The number of nitrogens with zero attached hydrogens (tertiary/aromatic N) is 1. The van der Waals surface area contributed by atoms with E-state index in [1.807, 2.05) is 13.1 Å². The lowest BCUT2D eigenvalue weighted by Gasteiger charge is -2.16. The highest BCUT2D eigenvalue weighted by molar-refractivity contribution is 5.12. The van der Waals surface area contributed by atoms with Gasteiger partial charge in [-0.15, -0.1) is 0 Å². The van der Waals surface area contributed by atoms with E-state index in [2.05, 4.69) is 36.3 Å². The number of nitrogens with one attached hydrogen (secondary N) is 1. The van der Waals surface area contributed by atoms with E-state index in [4.69, 9.17) is 0 Å². The van der Waals surface area contributed by atoms with E-state index in [0.29, 0.717) is 6.04 Å². The van der Waals surface area contributed by atoms with E-state index in [0.717, 1.165) is 12.2 Å². The van der Waals surface area contributed by atoms with Gasteiger partial charge < -0.3 is 5.32 Å². The van der Waals surface area contributed by atoms with Crippen molar-refractivity contribution in [2.24, 2.45) is 0 Å². The van der Waals surface area contributed by atoms with Crippen molar-refractivity contribution in [2.45, 2.75) is 59.0 Å². The maximum atomic E-state index is 4.31. The maximum Gasteiger partial charge on any atom is 0.0372 e. The fourth-order valence-corrected chi connectivity index (χ4v) is 1.77. The highest BCUT2D eigenvalue weighted by Crippen LogP contribution is 2.06. The van der Waals surface area contributed by atoms with Gasteiger partial charge in [0.05, 0.1) is 0 Å². The molecular weight excluding hydrogens is 196 g/mol. The molecule has 0 saturated carbocycles. The van der Waals surface area contributed by atoms with Crippen molar-refractivity contribution in [1.29, 1.82) is 0 Å². The Bertz CT molecular complexity index is 279. The predicted octanol–water partition coefficient (Wildman–Crippen LogP) is 3.45. The van der Waals surface area contributed by atoms with Crippen LogP contribution in [0.25, 0.3) is 0 Å². The van der Waals surface area contributed by atoms with Crippen LogP contribution in [0.4, 0.5) is 0 Å². The van der Waals surface area contributed by atoms with Crippen LogP contribution in [0.3, 0.4) is 0 Å². The Morgan fingerprint density at radius 2 is 2.12 bits per heavy atom. The lowest BCUT2D eigenvalue weighted by molar-refractivity contribution is 0.452. The zero-order valence-corrected chi connectivity index (χ0v) is 10.8. The Hall–Kier alpha value is -0.890. The molecule has 0 aromatic carbocycles. The van der Waals surface area contributed by atoms with Crippen molar-refractivity contribution < 1.29 is 0 Å². The summed E-state index contributed by atoms with van der Waals surface area (Å²) in [5.41, 5.74) is 2.36. The Labute approximate surface area is 99.5 Å². The van der Waals surface area contributed by atoms with Crippen LogP contribution in [0.1, 0.15) is 50.8 Å². The summed E-state index contributed by atoms with van der Waals surface area (Å²) in [6.07, 6.45) is 7.06. The molecule has 1 heterocycles. The quantitative estimate of drug-likeness (QED) is 0.761. The van der Waals surface area contributed by atoms with Crippen molar-refractivity contribution in [3.8, 4) is 0 Å². The normalized spacial score (nSPS) is 12.7. The molecule has 0 aliphatic carbocycles. The SMILES string of the molecule is CCCCC(CC)NCc1ccc(C)nc1. The number of aromatic nitrogens is 1. The average Bonchev–Trinajstić information content (AvgIpc) is 2.32. The predicted molar refractivity (Wildman–Crippen MR) is 69.4 cm³/mol. The highest BCUT2D eigenvalue weighted by atomic mass is 14.9. The Kier molecular flexibility index (Phi) is 6.09. The molecule has 1 aromatic rings. The Balaban J connectivity index is 2.34. The van der Waals surface area contributed by atoms with E-state index < -0.39 is 0 Å². The molecule has 1 aromatic heterocycles. The summed E-state index contributed by atoms with van der Waals surface area (Å²) in [5.74, 6) is 0. The van der Waals surface area contributed by atoms with Gasteiger partial charge in [-0.1, -0.05) is 32.8 Å². The molecule has 0 amide bonds. The van der Waals surface area contributed by atoms with Gasteiger partial charge in [0.2, 0.25) is 0 Å². The Morgan fingerprint density at radius 1 is 1.31 bits per heavy atom. The lowest BCUT2D eigenvalue weighted by Crippen LogP contribution is -2.27. The molecule has 0 bridgehead atoms.